The average molecular weight is 410 g/mol. The highest BCUT2D eigenvalue weighted by atomic mass is 35.5. The molecule has 0 atom stereocenters. The largest absolute Gasteiger partial charge is 0.490 e. The first-order valence-corrected chi connectivity index (χ1v) is 10.4. The monoisotopic (exact) mass is 409 g/mol. The van der Waals surface area contributed by atoms with Gasteiger partial charge in [0.25, 0.3) is 0 Å². The van der Waals surface area contributed by atoms with E-state index in [0.29, 0.717) is 18.8 Å². The smallest absolute Gasteiger partial charge is 0.338 e. The van der Waals surface area contributed by atoms with Crippen LogP contribution in [0, 0.1) is 0 Å². The summed E-state index contributed by atoms with van der Waals surface area (Å²) in [5.41, 5.74) is 0.136. The van der Waals surface area contributed by atoms with Gasteiger partial charge in [0.1, 0.15) is 23.9 Å². The van der Waals surface area contributed by atoms with Crippen LogP contribution in [0.3, 0.4) is 0 Å². The van der Waals surface area contributed by atoms with Gasteiger partial charge in [0.05, 0.1) is 10.6 Å². The van der Waals surface area contributed by atoms with E-state index in [0.717, 1.165) is 12.8 Å². The van der Waals surface area contributed by atoms with Crippen LogP contribution in [0.4, 0.5) is 0 Å². The number of carbonyl (C=O) groups is 1. The Morgan fingerprint density at radius 1 is 1.04 bits per heavy atom. The number of para-hydroxylation sites is 1. The zero-order valence-corrected chi connectivity index (χ0v) is 16.2. The first kappa shape index (κ1) is 19.7. The van der Waals surface area contributed by atoms with Crippen molar-refractivity contribution < 1.29 is 22.7 Å². The maximum Gasteiger partial charge on any atom is 0.338 e. The van der Waals surface area contributed by atoms with Gasteiger partial charge in [0.15, 0.2) is 0 Å². The van der Waals surface area contributed by atoms with E-state index in [9.17, 15) is 13.2 Å². The Labute approximate surface area is 163 Å². The number of benzene rings is 2. The molecular formula is C19H20ClNO5S. The summed E-state index contributed by atoms with van der Waals surface area (Å²) in [5.74, 6) is 0.0558. The van der Waals surface area contributed by atoms with Gasteiger partial charge in [-0.25, -0.2) is 13.2 Å². The zero-order chi connectivity index (χ0) is 19.3. The van der Waals surface area contributed by atoms with Gasteiger partial charge in [-0.05, 0) is 43.2 Å². The molecular weight excluding hydrogens is 390 g/mol. The molecule has 1 aliphatic rings. The van der Waals surface area contributed by atoms with E-state index >= 15 is 0 Å². The number of ether oxygens (including phenoxy) is 2. The molecule has 144 valence electrons. The number of carbonyl (C=O) groups excluding carboxylic acids is 1. The fraction of sp³-hybridized carbons (Fsp3) is 0.316. The minimum atomic E-state index is -3.72. The molecule has 0 aromatic heterocycles. The highest BCUT2D eigenvalue weighted by Crippen LogP contribution is 2.28. The van der Waals surface area contributed by atoms with Gasteiger partial charge in [0, 0.05) is 13.1 Å². The summed E-state index contributed by atoms with van der Waals surface area (Å²) < 4.78 is 37.4. The summed E-state index contributed by atoms with van der Waals surface area (Å²) >= 11 is 6.08. The van der Waals surface area contributed by atoms with E-state index in [4.69, 9.17) is 21.1 Å². The van der Waals surface area contributed by atoms with Crippen LogP contribution in [0.2, 0.25) is 5.02 Å². The second kappa shape index (κ2) is 8.73. The zero-order valence-electron chi connectivity index (χ0n) is 14.6. The lowest BCUT2D eigenvalue weighted by atomic mass is 10.2. The van der Waals surface area contributed by atoms with Gasteiger partial charge in [-0.3, -0.25) is 0 Å². The third-order valence-corrected chi connectivity index (χ3v) is 6.56. The molecule has 1 saturated heterocycles. The van der Waals surface area contributed by atoms with Gasteiger partial charge in [0.2, 0.25) is 10.0 Å². The highest BCUT2D eigenvalue weighted by molar-refractivity contribution is 7.89. The van der Waals surface area contributed by atoms with Gasteiger partial charge >= 0.3 is 5.97 Å². The molecule has 27 heavy (non-hydrogen) atoms. The molecule has 1 heterocycles. The van der Waals surface area contributed by atoms with Crippen LogP contribution < -0.4 is 4.74 Å². The van der Waals surface area contributed by atoms with Crippen molar-refractivity contribution in [3.05, 3.63) is 59.1 Å². The van der Waals surface area contributed by atoms with Crippen molar-refractivity contribution in [2.75, 3.05) is 26.3 Å². The van der Waals surface area contributed by atoms with Gasteiger partial charge in [-0.1, -0.05) is 29.8 Å². The minimum absolute atomic E-state index is 0.0462. The van der Waals surface area contributed by atoms with Crippen molar-refractivity contribution in [3.63, 3.8) is 0 Å². The lowest BCUT2D eigenvalue weighted by Crippen LogP contribution is -2.28. The molecule has 0 unspecified atom stereocenters. The Kier molecular flexibility index (Phi) is 6.36. The van der Waals surface area contributed by atoms with Crippen molar-refractivity contribution in [3.8, 4) is 5.75 Å². The van der Waals surface area contributed by atoms with Crippen LogP contribution in [0.25, 0.3) is 0 Å². The quantitative estimate of drug-likeness (QED) is 0.518. The normalized spacial score (nSPS) is 14.9. The van der Waals surface area contributed by atoms with Crippen LogP contribution in [0.5, 0.6) is 5.75 Å². The molecule has 0 amide bonds. The molecule has 0 bridgehead atoms. The predicted molar refractivity (Wildman–Crippen MR) is 102 cm³/mol. The van der Waals surface area contributed by atoms with Crippen LogP contribution in [0.15, 0.2) is 53.4 Å². The first-order chi connectivity index (χ1) is 13.0. The predicted octanol–water partition coefficient (Wildman–Crippen LogP) is 3.36. The molecule has 0 spiro atoms. The van der Waals surface area contributed by atoms with E-state index in [2.05, 4.69) is 0 Å². The Morgan fingerprint density at radius 2 is 1.74 bits per heavy atom. The molecule has 0 aliphatic carbocycles. The van der Waals surface area contributed by atoms with Gasteiger partial charge in [-0.2, -0.15) is 4.31 Å². The third-order valence-electron chi connectivity index (χ3n) is 4.18. The fourth-order valence-corrected chi connectivity index (χ4v) is 4.81. The number of nitrogens with zero attached hydrogens (tertiary/aromatic N) is 1. The van der Waals surface area contributed by atoms with E-state index in [1.54, 1.807) is 12.1 Å². The molecule has 0 saturated carbocycles. The highest BCUT2D eigenvalue weighted by Gasteiger charge is 2.29. The summed E-state index contributed by atoms with van der Waals surface area (Å²) in [6.07, 6.45) is 1.64. The van der Waals surface area contributed by atoms with E-state index in [1.807, 2.05) is 18.2 Å². The number of rotatable bonds is 7. The minimum Gasteiger partial charge on any atom is -0.490 e. The summed E-state index contributed by atoms with van der Waals surface area (Å²) in [6, 6.07) is 13.3. The maximum absolute atomic E-state index is 12.7. The molecule has 6 nitrogen and oxygen atoms in total. The lowest BCUT2D eigenvalue weighted by Gasteiger charge is -2.17. The van der Waals surface area contributed by atoms with Crippen molar-refractivity contribution in [1.82, 2.24) is 4.31 Å². The molecule has 3 rings (SSSR count). The molecule has 2 aromatic rings. The van der Waals surface area contributed by atoms with E-state index in [1.165, 1.54) is 22.5 Å². The van der Waals surface area contributed by atoms with Crippen LogP contribution in [-0.4, -0.2) is 45.0 Å². The van der Waals surface area contributed by atoms with Crippen molar-refractivity contribution in [2.24, 2.45) is 0 Å². The SMILES string of the molecule is O=C(OCCOc1ccccc1)c1ccc(Cl)c(S(=O)(=O)N2CCCC2)c1. The first-order valence-electron chi connectivity index (χ1n) is 8.63. The van der Waals surface area contributed by atoms with Crippen molar-refractivity contribution in [1.29, 1.82) is 0 Å². The van der Waals surface area contributed by atoms with Crippen LogP contribution in [-0.2, 0) is 14.8 Å². The number of esters is 1. The van der Waals surface area contributed by atoms with E-state index in [-0.39, 0.29) is 28.7 Å². The maximum atomic E-state index is 12.7. The molecule has 8 heteroatoms. The van der Waals surface area contributed by atoms with Gasteiger partial charge in [-0.15, -0.1) is 0 Å². The molecule has 0 radical (unpaired) electrons. The Balaban J connectivity index is 1.63. The third kappa shape index (κ3) is 4.80. The van der Waals surface area contributed by atoms with Crippen molar-refractivity contribution in [2.45, 2.75) is 17.7 Å². The number of sulfonamides is 1. The van der Waals surface area contributed by atoms with Crippen LogP contribution >= 0.6 is 11.6 Å². The Bertz CT molecular complexity index is 896. The second-order valence-corrected chi connectivity index (χ2v) is 8.37. The number of halogens is 1. The van der Waals surface area contributed by atoms with Crippen molar-refractivity contribution >= 4 is 27.6 Å². The molecule has 1 aliphatic heterocycles. The topological polar surface area (TPSA) is 72.9 Å². The Morgan fingerprint density at radius 3 is 2.44 bits per heavy atom. The summed E-state index contributed by atoms with van der Waals surface area (Å²) in [6.45, 7) is 1.17. The fourth-order valence-electron chi connectivity index (χ4n) is 2.79. The standard InChI is InChI=1S/C19H20ClNO5S/c20-17-9-8-15(14-18(17)27(23,24)21-10-4-5-11-21)19(22)26-13-12-25-16-6-2-1-3-7-16/h1-3,6-9,14H,4-5,10-13H2. The number of hydrogen-bond donors (Lipinski definition) is 0. The summed E-state index contributed by atoms with van der Waals surface area (Å²) in [4.78, 5) is 12.2. The average Bonchev–Trinajstić information content (AvgIpc) is 3.22. The molecule has 1 fully saturated rings. The molecule has 0 N–H and O–H groups in total. The summed E-state index contributed by atoms with van der Waals surface area (Å²) in [7, 11) is -3.72. The molecule has 2 aromatic carbocycles. The lowest BCUT2D eigenvalue weighted by molar-refractivity contribution is 0.0450. The van der Waals surface area contributed by atoms with Crippen LogP contribution in [0.1, 0.15) is 23.2 Å². The Hall–Kier alpha value is -2.09. The van der Waals surface area contributed by atoms with E-state index < -0.39 is 16.0 Å². The summed E-state index contributed by atoms with van der Waals surface area (Å²) in [5, 5.41) is 0.0888. The second-order valence-electron chi connectivity index (χ2n) is 6.05. The van der Waals surface area contributed by atoms with Gasteiger partial charge < -0.3 is 9.47 Å². The number of hydrogen-bond acceptors (Lipinski definition) is 5.